The van der Waals surface area contributed by atoms with Gasteiger partial charge in [-0.1, -0.05) is 5.10 Å². The highest BCUT2D eigenvalue weighted by Gasteiger charge is 2.11. The maximum absolute atomic E-state index is 5.50. The molecule has 0 amide bonds. The largest absolute Gasteiger partial charge is 0.406 e. The van der Waals surface area contributed by atoms with E-state index < -0.39 is 0 Å². The van der Waals surface area contributed by atoms with Gasteiger partial charge in [0, 0.05) is 10.6 Å². The minimum absolute atomic E-state index is 0.0481. The van der Waals surface area contributed by atoms with E-state index in [2.05, 4.69) is 20.8 Å². The number of hydrogen-bond acceptors (Lipinski definition) is 6. The van der Waals surface area contributed by atoms with E-state index in [-0.39, 0.29) is 6.04 Å². The van der Waals surface area contributed by atoms with Crippen LogP contribution in [0.15, 0.2) is 33.6 Å². The van der Waals surface area contributed by atoms with Crippen molar-refractivity contribution >= 4 is 23.5 Å². The molecule has 1 aromatic carbocycles. The Morgan fingerprint density at radius 2 is 1.94 bits per heavy atom. The van der Waals surface area contributed by atoms with E-state index in [0.29, 0.717) is 11.9 Å². The number of aromatic nitrogens is 2. The average Bonchev–Trinajstić information content (AvgIpc) is 2.87. The van der Waals surface area contributed by atoms with Crippen molar-refractivity contribution in [1.82, 2.24) is 15.5 Å². The van der Waals surface area contributed by atoms with Crippen LogP contribution in [0, 0.1) is 0 Å². The lowest BCUT2D eigenvalue weighted by Gasteiger charge is -2.03. The van der Waals surface area contributed by atoms with Crippen LogP contribution < -0.4 is 10.6 Å². The number of nitrogens with one attached hydrogen (secondary N) is 2. The zero-order chi connectivity index (χ0) is 13.0. The molecular weight excluding hydrogens is 248 g/mol. The Hall–Kier alpha value is -1.53. The maximum Gasteiger partial charge on any atom is 0.320 e. The molecule has 1 heterocycles. The quantitative estimate of drug-likeness (QED) is 0.810. The Morgan fingerprint density at radius 1 is 1.22 bits per heavy atom. The van der Waals surface area contributed by atoms with E-state index in [1.54, 1.807) is 11.8 Å². The van der Waals surface area contributed by atoms with Crippen LogP contribution in [-0.4, -0.2) is 23.5 Å². The van der Waals surface area contributed by atoms with Crippen LogP contribution in [0.4, 0.5) is 11.7 Å². The first-order valence-electron chi connectivity index (χ1n) is 5.64. The van der Waals surface area contributed by atoms with Gasteiger partial charge >= 0.3 is 6.01 Å². The minimum atomic E-state index is 0.0481. The van der Waals surface area contributed by atoms with Gasteiger partial charge in [0.25, 0.3) is 0 Å². The molecular formula is C12H16N4OS. The summed E-state index contributed by atoms with van der Waals surface area (Å²) < 4.78 is 5.50. The lowest BCUT2D eigenvalue weighted by molar-refractivity contribution is 0.443. The molecule has 0 saturated heterocycles. The van der Waals surface area contributed by atoms with Crippen LogP contribution in [0.25, 0.3) is 0 Å². The summed E-state index contributed by atoms with van der Waals surface area (Å²) in [4.78, 5) is 1.22. The van der Waals surface area contributed by atoms with Gasteiger partial charge in [0.15, 0.2) is 0 Å². The van der Waals surface area contributed by atoms with Crippen LogP contribution in [0.5, 0.6) is 0 Å². The fourth-order valence-corrected chi connectivity index (χ4v) is 1.79. The Balaban J connectivity index is 2.06. The van der Waals surface area contributed by atoms with Crippen LogP contribution >= 0.6 is 11.8 Å². The first kappa shape index (κ1) is 12.9. The molecule has 5 nitrogen and oxygen atoms in total. The standard InChI is InChI=1S/C12H16N4OS/c1-8(13-2)11-15-16-12(17-11)14-9-4-6-10(18-3)7-5-9/h4-8,13H,1-3H3,(H,14,16). The molecule has 0 radical (unpaired) electrons. The summed E-state index contributed by atoms with van der Waals surface area (Å²) in [6.07, 6.45) is 2.05. The zero-order valence-electron chi connectivity index (χ0n) is 10.6. The smallest absolute Gasteiger partial charge is 0.320 e. The molecule has 2 N–H and O–H groups in total. The number of hydrogen-bond donors (Lipinski definition) is 2. The topological polar surface area (TPSA) is 63.0 Å². The molecule has 1 aromatic heterocycles. The summed E-state index contributed by atoms with van der Waals surface area (Å²) in [7, 11) is 1.85. The van der Waals surface area contributed by atoms with Gasteiger partial charge in [0.05, 0.1) is 6.04 Å². The SMILES string of the molecule is CNC(C)c1nnc(Nc2ccc(SC)cc2)o1. The lowest BCUT2D eigenvalue weighted by atomic mass is 10.3. The van der Waals surface area contributed by atoms with E-state index in [1.807, 2.05) is 44.5 Å². The lowest BCUT2D eigenvalue weighted by Crippen LogP contribution is -2.12. The van der Waals surface area contributed by atoms with Crippen LogP contribution in [0.2, 0.25) is 0 Å². The first-order valence-corrected chi connectivity index (χ1v) is 6.87. The normalized spacial score (nSPS) is 12.4. The number of benzene rings is 1. The van der Waals surface area contributed by atoms with Crippen molar-refractivity contribution < 1.29 is 4.42 Å². The van der Waals surface area contributed by atoms with Crippen molar-refractivity contribution in [2.24, 2.45) is 0 Å². The highest BCUT2D eigenvalue weighted by atomic mass is 32.2. The highest BCUT2D eigenvalue weighted by molar-refractivity contribution is 7.98. The van der Waals surface area contributed by atoms with Crippen molar-refractivity contribution in [3.8, 4) is 0 Å². The molecule has 0 aliphatic heterocycles. The molecule has 0 spiro atoms. The molecule has 6 heteroatoms. The Bertz CT molecular complexity index is 497. The second kappa shape index (κ2) is 5.88. The summed E-state index contributed by atoms with van der Waals surface area (Å²) in [5.74, 6) is 0.570. The minimum Gasteiger partial charge on any atom is -0.406 e. The van der Waals surface area contributed by atoms with Gasteiger partial charge in [-0.2, -0.15) is 0 Å². The Labute approximate surface area is 110 Å². The monoisotopic (exact) mass is 264 g/mol. The van der Waals surface area contributed by atoms with Gasteiger partial charge < -0.3 is 15.1 Å². The van der Waals surface area contributed by atoms with E-state index >= 15 is 0 Å². The third-order valence-electron chi connectivity index (χ3n) is 2.59. The van der Waals surface area contributed by atoms with E-state index in [0.717, 1.165) is 5.69 Å². The number of anilines is 2. The Kier molecular flexibility index (Phi) is 4.22. The number of thioether (sulfide) groups is 1. The predicted octanol–water partition coefficient (Wildman–Crippen LogP) is 2.82. The van der Waals surface area contributed by atoms with E-state index in [9.17, 15) is 0 Å². The third-order valence-corrected chi connectivity index (χ3v) is 3.33. The first-order chi connectivity index (χ1) is 8.72. The molecule has 2 rings (SSSR count). The number of rotatable bonds is 5. The molecule has 1 unspecified atom stereocenters. The van der Waals surface area contributed by atoms with Crippen molar-refractivity contribution in [1.29, 1.82) is 0 Å². The van der Waals surface area contributed by atoms with Crippen molar-refractivity contribution in [2.75, 3.05) is 18.6 Å². The van der Waals surface area contributed by atoms with Gasteiger partial charge in [-0.05, 0) is 44.5 Å². The summed E-state index contributed by atoms with van der Waals surface area (Å²) in [5.41, 5.74) is 0.931. The molecule has 0 bridgehead atoms. The Morgan fingerprint density at radius 3 is 2.56 bits per heavy atom. The van der Waals surface area contributed by atoms with Crippen LogP contribution in [0.3, 0.4) is 0 Å². The molecule has 0 saturated carbocycles. The molecule has 18 heavy (non-hydrogen) atoms. The number of nitrogens with zero attached hydrogens (tertiary/aromatic N) is 2. The molecule has 1 atom stereocenters. The summed E-state index contributed by atoms with van der Waals surface area (Å²) >= 11 is 1.71. The molecule has 0 aliphatic carbocycles. The van der Waals surface area contributed by atoms with Gasteiger partial charge in [0.2, 0.25) is 5.89 Å². The fourth-order valence-electron chi connectivity index (χ4n) is 1.38. The van der Waals surface area contributed by atoms with Crippen LogP contribution in [-0.2, 0) is 0 Å². The van der Waals surface area contributed by atoms with Gasteiger partial charge in [-0.25, -0.2) is 0 Å². The molecule has 0 fully saturated rings. The van der Waals surface area contributed by atoms with Crippen LogP contribution in [0.1, 0.15) is 18.9 Å². The van der Waals surface area contributed by atoms with Crippen molar-refractivity contribution in [3.63, 3.8) is 0 Å². The highest BCUT2D eigenvalue weighted by Crippen LogP contribution is 2.21. The fraction of sp³-hybridized carbons (Fsp3) is 0.333. The molecule has 2 aromatic rings. The zero-order valence-corrected chi connectivity index (χ0v) is 11.4. The van der Waals surface area contributed by atoms with Gasteiger partial charge in [-0.3, -0.25) is 0 Å². The second-order valence-electron chi connectivity index (χ2n) is 3.81. The summed E-state index contributed by atoms with van der Waals surface area (Å²) in [5, 5.41) is 14.0. The summed E-state index contributed by atoms with van der Waals surface area (Å²) in [6, 6.07) is 8.51. The second-order valence-corrected chi connectivity index (χ2v) is 4.69. The van der Waals surface area contributed by atoms with E-state index in [1.165, 1.54) is 4.90 Å². The predicted molar refractivity (Wildman–Crippen MR) is 73.3 cm³/mol. The van der Waals surface area contributed by atoms with E-state index in [4.69, 9.17) is 4.42 Å². The maximum atomic E-state index is 5.50. The average molecular weight is 264 g/mol. The van der Waals surface area contributed by atoms with Gasteiger partial charge in [-0.15, -0.1) is 16.9 Å². The third kappa shape index (κ3) is 3.02. The summed E-state index contributed by atoms with van der Waals surface area (Å²) in [6.45, 7) is 1.96. The van der Waals surface area contributed by atoms with Gasteiger partial charge in [0.1, 0.15) is 0 Å². The molecule has 96 valence electrons. The van der Waals surface area contributed by atoms with Crippen molar-refractivity contribution in [2.45, 2.75) is 17.9 Å². The van der Waals surface area contributed by atoms with Crippen molar-refractivity contribution in [3.05, 3.63) is 30.2 Å². The molecule has 0 aliphatic rings.